The molecule has 9 nitrogen and oxygen atoms in total. The van der Waals surface area contributed by atoms with Crippen molar-refractivity contribution in [3.63, 3.8) is 0 Å². The van der Waals surface area contributed by atoms with Crippen molar-refractivity contribution in [3.05, 3.63) is 89.9 Å². The van der Waals surface area contributed by atoms with Gasteiger partial charge in [-0.1, -0.05) is 48.5 Å². The molecule has 2 aliphatic rings. The second-order valence-electron chi connectivity index (χ2n) is 10.4. The third-order valence-electron chi connectivity index (χ3n) is 7.63. The van der Waals surface area contributed by atoms with Gasteiger partial charge in [-0.05, 0) is 54.4 Å². The van der Waals surface area contributed by atoms with Crippen molar-refractivity contribution < 1.29 is 22.4 Å². The highest BCUT2D eigenvalue weighted by molar-refractivity contribution is 7.92. The maximum absolute atomic E-state index is 13.8. The fourth-order valence-corrected chi connectivity index (χ4v) is 6.73. The molecule has 0 unspecified atom stereocenters. The molecule has 40 heavy (non-hydrogen) atoms. The average molecular weight is 583 g/mol. The highest BCUT2D eigenvalue weighted by Gasteiger charge is 2.47. The fourth-order valence-electron chi connectivity index (χ4n) is 5.52. The minimum absolute atomic E-state index is 0.101. The fraction of sp³-hybridized carbons (Fsp3) is 0.379. The number of amides is 1. The summed E-state index contributed by atoms with van der Waals surface area (Å²) in [5.41, 5.74) is 2.48. The molecule has 5 rings (SSSR count). The number of fused-ring (bicyclic) bond motifs is 2. The van der Waals surface area contributed by atoms with Crippen LogP contribution in [0.4, 0.5) is 5.69 Å². The molecule has 0 radical (unpaired) electrons. The van der Waals surface area contributed by atoms with Gasteiger partial charge in [-0.25, -0.2) is 8.42 Å². The number of benzene rings is 2. The lowest BCUT2D eigenvalue weighted by molar-refractivity contribution is -0.136. The van der Waals surface area contributed by atoms with Gasteiger partial charge in [0, 0.05) is 25.0 Å². The molecule has 0 saturated carbocycles. The number of carbonyl (C=O) groups is 1. The molecule has 1 aromatic heterocycles. The van der Waals surface area contributed by atoms with E-state index < -0.39 is 16.1 Å². The summed E-state index contributed by atoms with van der Waals surface area (Å²) in [6, 6.07) is 20.5. The first kappa shape index (κ1) is 28.1. The van der Waals surface area contributed by atoms with Crippen LogP contribution in [0.2, 0.25) is 0 Å². The summed E-state index contributed by atoms with van der Waals surface area (Å²) in [7, 11) is -3.40. The predicted molar refractivity (Wildman–Crippen MR) is 157 cm³/mol. The van der Waals surface area contributed by atoms with Gasteiger partial charge in [-0.3, -0.25) is 9.10 Å². The number of piperidine rings is 1. The van der Waals surface area contributed by atoms with Crippen LogP contribution in [0.5, 0.6) is 0 Å². The van der Waals surface area contributed by atoms with Crippen LogP contribution in [0, 0.1) is 0 Å². The Labute approximate surface area is 240 Å². The maximum atomic E-state index is 13.8. The van der Waals surface area contributed by atoms with Gasteiger partial charge in [0.15, 0.2) is 5.11 Å². The van der Waals surface area contributed by atoms with Gasteiger partial charge in [-0.2, -0.15) is 0 Å². The van der Waals surface area contributed by atoms with Crippen LogP contribution in [-0.4, -0.2) is 62.9 Å². The number of para-hydroxylation sites is 1. The number of furan rings is 1. The topological polar surface area (TPSA) is 104 Å². The molecule has 1 amide bonds. The number of carbonyl (C=O) groups excluding carboxylic acids is 1. The lowest BCUT2D eigenvalue weighted by atomic mass is 9.74. The zero-order valence-corrected chi connectivity index (χ0v) is 24.0. The average Bonchev–Trinajstić information content (AvgIpc) is 3.59. The van der Waals surface area contributed by atoms with Crippen LogP contribution in [0.3, 0.4) is 0 Å². The number of anilines is 1. The molecule has 1 fully saturated rings. The molecule has 11 heteroatoms. The van der Waals surface area contributed by atoms with E-state index in [9.17, 15) is 13.2 Å². The molecule has 212 valence electrons. The number of rotatable bonds is 9. The number of sulfonamides is 1. The zero-order valence-electron chi connectivity index (χ0n) is 22.4. The number of thiocarbonyl (C=S) groups is 1. The van der Waals surface area contributed by atoms with E-state index >= 15 is 0 Å². The molecule has 1 saturated heterocycles. The van der Waals surface area contributed by atoms with E-state index in [0.29, 0.717) is 50.7 Å². The van der Waals surface area contributed by atoms with E-state index in [1.807, 2.05) is 65.6 Å². The van der Waals surface area contributed by atoms with Crippen LogP contribution in [0.15, 0.2) is 77.4 Å². The second kappa shape index (κ2) is 12.0. The quantitative estimate of drug-likeness (QED) is 0.371. The van der Waals surface area contributed by atoms with Crippen molar-refractivity contribution in [1.82, 2.24) is 15.5 Å². The molecule has 2 aromatic carbocycles. The molecule has 2 N–H and O–H groups in total. The number of hydrogen-bond acceptors (Lipinski definition) is 6. The molecule has 2 aliphatic heterocycles. The van der Waals surface area contributed by atoms with Crippen molar-refractivity contribution in [2.75, 3.05) is 36.8 Å². The standard InChI is InChI=1S/C29H34N4O5S2/c1-40(35,36)33-21-29(24-11-5-6-12-26(24)33)13-15-32(16-14-29)27(34)25(20-37-19-22-8-3-2-4-9-22)31-28(39)30-18-23-10-7-17-38-23/h2-12,17,25H,13-16,18-21H2,1H3,(H2,30,31,39)/t25-/m1/s1. The molecule has 0 bridgehead atoms. The summed E-state index contributed by atoms with van der Waals surface area (Å²) in [5.74, 6) is 0.630. The number of nitrogens with zero attached hydrogens (tertiary/aromatic N) is 2. The number of ether oxygens (including phenoxy) is 1. The van der Waals surface area contributed by atoms with Crippen molar-refractivity contribution in [2.45, 2.75) is 37.5 Å². The SMILES string of the molecule is CS(=O)(=O)N1CC2(CCN(C(=O)[C@@H](COCc3ccccc3)NC(=S)NCc3ccco3)CC2)c2ccccc21. The highest BCUT2D eigenvalue weighted by Crippen LogP contribution is 2.47. The van der Waals surface area contributed by atoms with Crippen molar-refractivity contribution in [1.29, 1.82) is 0 Å². The Balaban J connectivity index is 1.25. The van der Waals surface area contributed by atoms with E-state index in [2.05, 4.69) is 10.6 Å². The monoisotopic (exact) mass is 582 g/mol. The van der Waals surface area contributed by atoms with Crippen molar-refractivity contribution in [3.8, 4) is 0 Å². The van der Waals surface area contributed by atoms with E-state index in [4.69, 9.17) is 21.4 Å². The molecular weight excluding hydrogens is 548 g/mol. The largest absolute Gasteiger partial charge is 0.467 e. The summed E-state index contributed by atoms with van der Waals surface area (Å²) in [6.45, 7) is 2.33. The van der Waals surface area contributed by atoms with E-state index in [1.165, 1.54) is 10.6 Å². The number of nitrogens with one attached hydrogen (secondary N) is 2. The van der Waals surface area contributed by atoms with Crippen LogP contribution < -0.4 is 14.9 Å². The molecule has 1 spiro atoms. The summed E-state index contributed by atoms with van der Waals surface area (Å²) < 4.78 is 37.9. The van der Waals surface area contributed by atoms with Gasteiger partial charge >= 0.3 is 0 Å². The maximum Gasteiger partial charge on any atom is 0.247 e. The Morgan fingerprint density at radius 1 is 1.07 bits per heavy atom. The van der Waals surface area contributed by atoms with Crippen LogP contribution in [0.25, 0.3) is 0 Å². The van der Waals surface area contributed by atoms with Gasteiger partial charge in [0.05, 0.1) is 38.0 Å². The normalized spacial score (nSPS) is 16.9. The smallest absolute Gasteiger partial charge is 0.247 e. The minimum Gasteiger partial charge on any atom is -0.467 e. The third kappa shape index (κ3) is 6.32. The number of hydrogen-bond donors (Lipinski definition) is 2. The zero-order chi connectivity index (χ0) is 28.2. The first-order chi connectivity index (χ1) is 19.2. The van der Waals surface area contributed by atoms with Crippen molar-refractivity contribution in [2.24, 2.45) is 0 Å². The predicted octanol–water partition coefficient (Wildman–Crippen LogP) is 3.17. The molecule has 1 atom stereocenters. The van der Waals surface area contributed by atoms with Crippen LogP contribution in [0.1, 0.15) is 29.7 Å². The van der Waals surface area contributed by atoms with Gasteiger partial charge in [0.2, 0.25) is 15.9 Å². The first-order valence-corrected chi connectivity index (χ1v) is 15.6. The Hall–Kier alpha value is -3.41. The third-order valence-corrected chi connectivity index (χ3v) is 9.01. The molecule has 0 aliphatic carbocycles. The Morgan fingerprint density at radius 3 is 2.50 bits per heavy atom. The van der Waals surface area contributed by atoms with Gasteiger partial charge in [0.1, 0.15) is 11.8 Å². The summed E-state index contributed by atoms with van der Waals surface area (Å²) >= 11 is 5.49. The lowest BCUT2D eigenvalue weighted by Gasteiger charge is -2.41. The first-order valence-electron chi connectivity index (χ1n) is 13.3. The Bertz CT molecular complexity index is 1420. The molecule has 3 aromatic rings. The van der Waals surface area contributed by atoms with E-state index in [-0.39, 0.29) is 17.9 Å². The lowest BCUT2D eigenvalue weighted by Crippen LogP contribution is -2.56. The minimum atomic E-state index is -3.40. The van der Waals surface area contributed by atoms with Crippen molar-refractivity contribution >= 4 is 38.9 Å². The highest BCUT2D eigenvalue weighted by atomic mass is 32.2. The van der Waals surface area contributed by atoms with Crippen LogP contribution in [-0.2, 0) is 38.1 Å². The summed E-state index contributed by atoms with van der Waals surface area (Å²) in [4.78, 5) is 15.6. The van der Waals surface area contributed by atoms with Crippen LogP contribution >= 0.6 is 12.2 Å². The van der Waals surface area contributed by atoms with Gasteiger partial charge in [0.25, 0.3) is 0 Å². The summed E-state index contributed by atoms with van der Waals surface area (Å²) in [6.07, 6.45) is 4.18. The molecule has 3 heterocycles. The van der Waals surface area contributed by atoms with E-state index in [0.717, 1.165) is 22.6 Å². The Morgan fingerprint density at radius 2 is 1.80 bits per heavy atom. The molecular formula is C29H34N4O5S2. The second-order valence-corrected chi connectivity index (χ2v) is 12.7. The van der Waals surface area contributed by atoms with Gasteiger partial charge in [-0.15, -0.1) is 0 Å². The summed E-state index contributed by atoms with van der Waals surface area (Å²) in [5, 5.41) is 6.56. The van der Waals surface area contributed by atoms with Gasteiger partial charge < -0.3 is 24.7 Å². The number of likely N-dealkylation sites (tertiary alicyclic amines) is 1. The van der Waals surface area contributed by atoms with E-state index in [1.54, 1.807) is 12.3 Å². The Kier molecular flexibility index (Phi) is 8.43.